The van der Waals surface area contributed by atoms with Crippen LogP contribution in [0, 0.1) is 0 Å². The number of rotatable bonds is 12. The van der Waals surface area contributed by atoms with Crippen molar-refractivity contribution in [1.82, 2.24) is 15.7 Å². The number of hydroxylamine groups is 2. The molecule has 1 atom stereocenters. The maximum absolute atomic E-state index is 14.0. The van der Waals surface area contributed by atoms with Crippen molar-refractivity contribution in [2.75, 3.05) is 20.8 Å². The van der Waals surface area contributed by atoms with Crippen LogP contribution in [0.25, 0.3) is 11.1 Å². The van der Waals surface area contributed by atoms with E-state index in [-0.39, 0.29) is 31.3 Å². The van der Waals surface area contributed by atoms with Gasteiger partial charge in [0.05, 0.1) is 7.11 Å². The lowest BCUT2D eigenvalue weighted by Crippen LogP contribution is -2.50. The molecule has 6 rings (SSSR count). The van der Waals surface area contributed by atoms with E-state index in [1.54, 1.807) is 0 Å². The second kappa shape index (κ2) is 15.0. The number of nitrogens with zero attached hydrogens (tertiary/aromatic N) is 1. The van der Waals surface area contributed by atoms with Gasteiger partial charge in [0.15, 0.2) is 0 Å². The van der Waals surface area contributed by atoms with Crippen molar-refractivity contribution in [3.8, 4) is 11.1 Å². The zero-order valence-corrected chi connectivity index (χ0v) is 27.5. The molecule has 2 N–H and O–H groups in total. The maximum Gasteiger partial charge on any atom is 0.407 e. The van der Waals surface area contributed by atoms with E-state index in [2.05, 4.69) is 22.8 Å². The normalized spacial score (nSPS) is 12.7. The van der Waals surface area contributed by atoms with Gasteiger partial charge in [-0.15, -0.1) is 0 Å². The molecule has 8 heteroatoms. The highest BCUT2D eigenvalue weighted by Crippen LogP contribution is 2.44. The highest BCUT2D eigenvalue weighted by molar-refractivity contribution is 5.86. The van der Waals surface area contributed by atoms with Gasteiger partial charge in [0.25, 0.3) is 5.91 Å². The molecule has 49 heavy (non-hydrogen) atoms. The number of hydrogen-bond donors (Lipinski definition) is 2. The second-order valence-electron chi connectivity index (χ2n) is 12.0. The molecule has 5 aromatic rings. The maximum atomic E-state index is 14.0. The Bertz CT molecular complexity index is 1760. The van der Waals surface area contributed by atoms with Gasteiger partial charge in [-0.2, -0.15) is 0 Å². The lowest BCUT2D eigenvalue weighted by molar-refractivity contribution is -0.171. The van der Waals surface area contributed by atoms with Gasteiger partial charge in [-0.05, 0) is 45.4 Å². The fourth-order valence-corrected chi connectivity index (χ4v) is 6.68. The third kappa shape index (κ3) is 6.96. The van der Waals surface area contributed by atoms with Gasteiger partial charge < -0.3 is 15.4 Å². The van der Waals surface area contributed by atoms with Crippen molar-refractivity contribution in [2.24, 2.45) is 0 Å². The predicted molar refractivity (Wildman–Crippen MR) is 188 cm³/mol. The lowest BCUT2D eigenvalue weighted by Gasteiger charge is -2.37. The molecule has 0 radical (unpaired) electrons. The number of nitrogens with one attached hydrogen (secondary N) is 2. The van der Waals surface area contributed by atoms with Crippen LogP contribution in [0.2, 0.25) is 0 Å². The topological polar surface area (TPSA) is 97.0 Å². The Kier molecular flexibility index (Phi) is 10.2. The minimum Gasteiger partial charge on any atom is -0.449 e. The van der Waals surface area contributed by atoms with Crippen molar-refractivity contribution in [3.63, 3.8) is 0 Å². The highest BCUT2D eigenvalue weighted by Gasteiger charge is 2.38. The first kappa shape index (κ1) is 33.2. The van der Waals surface area contributed by atoms with Crippen molar-refractivity contribution < 1.29 is 24.0 Å². The van der Waals surface area contributed by atoms with E-state index < -0.39 is 23.6 Å². The van der Waals surface area contributed by atoms with E-state index in [9.17, 15) is 14.4 Å². The van der Waals surface area contributed by atoms with Gasteiger partial charge in [-0.25, -0.2) is 9.86 Å². The minimum atomic E-state index is -1.08. The van der Waals surface area contributed by atoms with E-state index in [4.69, 9.17) is 9.57 Å². The fraction of sp³-hybridized carbons (Fsp3) is 0.195. The Morgan fingerprint density at radius 1 is 0.694 bits per heavy atom. The molecule has 0 saturated heterocycles. The molecule has 0 heterocycles. The number of benzene rings is 5. The lowest BCUT2D eigenvalue weighted by atomic mass is 9.77. The first-order valence-electron chi connectivity index (χ1n) is 16.3. The van der Waals surface area contributed by atoms with Crippen LogP contribution in [-0.2, 0) is 24.7 Å². The summed E-state index contributed by atoms with van der Waals surface area (Å²) in [4.78, 5) is 45.7. The summed E-state index contributed by atoms with van der Waals surface area (Å²) < 4.78 is 5.73. The standard InChI is InChI=1S/C41H39N3O5/c1-44(48-2)39(46)37(42-40(47)49-28-36-34-24-14-12-22-32(34)33-23-13-15-25-35(33)36)26-27-38(45)43-41(29-16-6-3-7-17-29,30-18-8-4-9-19-30)31-20-10-5-11-21-31/h3-25,36-37H,26-28H2,1-2H3,(H,42,47)(H,43,45)/t37-/m1/s1. The van der Waals surface area contributed by atoms with E-state index >= 15 is 0 Å². The van der Waals surface area contributed by atoms with Crippen molar-refractivity contribution >= 4 is 17.9 Å². The van der Waals surface area contributed by atoms with Gasteiger partial charge in [-0.3, -0.25) is 14.4 Å². The summed E-state index contributed by atoms with van der Waals surface area (Å²) >= 11 is 0. The van der Waals surface area contributed by atoms with E-state index in [0.717, 1.165) is 44.0 Å². The molecule has 1 aliphatic rings. The molecule has 0 fully saturated rings. The van der Waals surface area contributed by atoms with E-state index in [1.807, 2.05) is 127 Å². The van der Waals surface area contributed by atoms with Crippen LogP contribution in [0.4, 0.5) is 4.79 Å². The van der Waals surface area contributed by atoms with Crippen LogP contribution in [0.3, 0.4) is 0 Å². The van der Waals surface area contributed by atoms with Crippen molar-refractivity contribution in [1.29, 1.82) is 0 Å². The Balaban J connectivity index is 1.20. The molecule has 5 aromatic carbocycles. The molecule has 0 aliphatic heterocycles. The first-order valence-corrected chi connectivity index (χ1v) is 16.3. The highest BCUT2D eigenvalue weighted by atomic mass is 16.7. The van der Waals surface area contributed by atoms with Gasteiger partial charge in [0, 0.05) is 19.4 Å². The summed E-state index contributed by atoms with van der Waals surface area (Å²) in [5, 5.41) is 7.05. The Labute approximate surface area is 286 Å². The molecule has 0 spiro atoms. The van der Waals surface area contributed by atoms with E-state index in [0.29, 0.717) is 0 Å². The quantitative estimate of drug-likeness (QED) is 0.114. The molecule has 0 saturated carbocycles. The molecule has 0 bridgehead atoms. The average molecular weight is 654 g/mol. The van der Waals surface area contributed by atoms with Crippen molar-refractivity contribution in [3.05, 3.63) is 167 Å². The third-order valence-corrected chi connectivity index (χ3v) is 9.13. The first-order chi connectivity index (χ1) is 23.9. The van der Waals surface area contributed by atoms with Crippen LogP contribution in [0.1, 0.15) is 46.6 Å². The van der Waals surface area contributed by atoms with Gasteiger partial charge in [0.1, 0.15) is 18.2 Å². The summed E-state index contributed by atoms with van der Waals surface area (Å²) in [6, 6.07) is 44.4. The van der Waals surface area contributed by atoms with E-state index in [1.165, 1.54) is 14.2 Å². The number of alkyl carbamates (subject to hydrolysis) is 1. The monoisotopic (exact) mass is 653 g/mol. The second-order valence-corrected chi connectivity index (χ2v) is 12.0. The Hall–Kier alpha value is -5.73. The van der Waals surface area contributed by atoms with Crippen LogP contribution >= 0.6 is 0 Å². The van der Waals surface area contributed by atoms with Gasteiger partial charge in [-0.1, -0.05) is 140 Å². The number of hydrogen-bond acceptors (Lipinski definition) is 5. The van der Waals surface area contributed by atoms with Crippen LogP contribution in [-0.4, -0.2) is 49.8 Å². The SMILES string of the molecule is CON(C)C(=O)[C@@H](CCC(=O)NC(c1ccccc1)(c1ccccc1)c1ccccc1)NC(=O)OCC1c2ccccc2-c2ccccc21. The van der Waals surface area contributed by atoms with Crippen molar-refractivity contribution in [2.45, 2.75) is 30.3 Å². The number of fused-ring (bicyclic) bond motifs is 3. The number of carbonyl (C=O) groups is 3. The molecule has 1 aliphatic carbocycles. The predicted octanol–water partition coefficient (Wildman–Crippen LogP) is 6.80. The summed E-state index contributed by atoms with van der Waals surface area (Å²) in [5.41, 5.74) is 6.02. The Morgan fingerprint density at radius 3 is 1.61 bits per heavy atom. The van der Waals surface area contributed by atoms with Crippen LogP contribution in [0.5, 0.6) is 0 Å². The van der Waals surface area contributed by atoms with Gasteiger partial charge in [0.2, 0.25) is 5.91 Å². The molecule has 3 amide bonds. The van der Waals surface area contributed by atoms with Crippen LogP contribution < -0.4 is 10.6 Å². The van der Waals surface area contributed by atoms with Crippen LogP contribution in [0.15, 0.2) is 140 Å². The zero-order chi connectivity index (χ0) is 34.2. The summed E-state index contributed by atoms with van der Waals surface area (Å²) in [6.07, 6.45) is -0.805. The zero-order valence-electron chi connectivity index (χ0n) is 27.5. The number of amides is 3. The minimum absolute atomic E-state index is 0.0109. The molecule has 0 unspecified atom stereocenters. The Morgan fingerprint density at radius 2 is 1.14 bits per heavy atom. The average Bonchev–Trinajstić information content (AvgIpc) is 3.48. The number of ether oxygens (including phenoxy) is 1. The molecule has 248 valence electrons. The molecule has 8 nitrogen and oxygen atoms in total. The third-order valence-electron chi connectivity index (χ3n) is 9.13. The summed E-state index contributed by atoms with van der Waals surface area (Å²) in [5.74, 6) is -0.949. The largest absolute Gasteiger partial charge is 0.449 e. The smallest absolute Gasteiger partial charge is 0.407 e. The summed E-state index contributed by atoms with van der Waals surface area (Å²) in [7, 11) is 2.82. The summed E-state index contributed by atoms with van der Waals surface area (Å²) in [6.45, 7) is 0.0924. The molecular formula is C41H39N3O5. The van der Waals surface area contributed by atoms with Gasteiger partial charge >= 0.3 is 6.09 Å². The number of carbonyl (C=O) groups excluding carboxylic acids is 3. The fourth-order valence-electron chi connectivity index (χ4n) is 6.68. The molecule has 0 aromatic heterocycles. The number of likely N-dealkylation sites (N-methyl/N-ethyl adjacent to an activating group) is 1. The molecular weight excluding hydrogens is 614 g/mol.